The fourth-order valence-corrected chi connectivity index (χ4v) is 3.08. The minimum absolute atomic E-state index is 0.190. The Balaban J connectivity index is 2.78. The van der Waals surface area contributed by atoms with Gasteiger partial charge in [0.25, 0.3) is 5.56 Å². The third-order valence-electron chi connectivity index (χ3n) is 4.53. The zero-order valence-corrected chi connectivity index (χ0v) is 17.2. The molecule has 0 saturated heterocycles. The highest BCUT2D eigenvalue weighted by atomic mass is 35.5. The molecule has 0 fully saturated rings. The van der Waals surface area contributed by atoms with Crippen LogP contribution in [-0.4, -0.2) is 14.7 Å². The molecule has 0 radical (unpaired) electrons. The lowest BCUT2D eigenvalue weighted by atomic mass is 10.1. The van der Waals surface area contributed by atoms with Crippen LogP contribution in [0.5, 0.6) is 0 Å². The molecule has 0 N–H and O–H groups in total. The van der Waals surface area contributed by atoms with Gasteiger partial charge in [-0.25, -0.2) is 0 Å². The number of hydrogen-bond acceptors (Lipinski definition) is 3. The summed E-state index contributed by atoms with van der Waals surface area (Å²) in [5.41, 5.74) is 2.48. The molecule has 5 nitrogen and oxygen atoms in total. The van der Waals surface area contributed by atoms with E-state index in [0.29, 0.717) is 10.5 Å². The van der Waals surface area contributed by atoms with E-state index in [1.807, 2.05) is 59.0 Å². The lowest BCUT2D eigenvalue weighted by Crippen LogP contribution is -2.25. The Morgan fingerprint density at radius 2 is 2.15 bits per heavy atom. The molecule has 0 aliphatic heterocycles. The fourth-order valence-electron chi connectivity index (χ4n) is 2.84. The molecule has 2 aromatic rings. The molecule has 0 spiro atoms. The lowest BCUT2D eigenvalue weighted by Gasteiger charge is -2.19. The number of nitrogens with zero attached hydrogens (tertiary/aromatic N) is 4. The monoisotopic (exact) mass is 384 g/mol. The van der Waals surface area contributed by atoms with E-state index >= 15 is 0 Å². The van der Waals surface area contributed by atoms with Gasteiger partial charge in [0.2, 0.25) is 0 Å². The van der Waals surface area contributed by atoms with Gasteiger partial charge in [0.05, 0.1) is 28.7 Å². The summed E-state index contributed by atoms with van der Waals surface area (Å²) in [5, 5.41) is 9.55. The van der Waals surface area contributed by atoms with Gasteiger partial charge in [-0.2, -0.15) is 5.26 Å². The van der Waals surface area contributed by atoms with Gasteiger partial charge in [-0.1, -0.05) is 30.7 Å². The summed E-state index contributed by atoms with van der Waals surface area (Å²) < 4.78 is 3.40. The first-order chi connectivity index (χ1) is 12.8. The Hall–Kier alpha value is -2.58. The summed E-state index contributed by atoms with van der Waals surface area (Å²) in [6.07, 6.45) is 10.3. The number of aromatic nitrogens is 2. The highest BCUT2D eigenvalue weighted by Gasteiger charge is 2.19. The number of aliphatic imine (C=N–C) groups is 1. The SMILES string of the molecule is CC=C(C=CCC)n1c(C(C)N=C(C)C(C)C#N)cn2ccc(Cl)c2c1=O. The van der Waals surface area contributed by atoms with Crippen LogP contribution in [0.15, 0.2) is 46.5 Å². The first-order valence-corrected chi connectivity index (χ1v) is 9.42. The van der Waals surface area contributed by atoms with Gasteiger partial charge in [-0.3, -0.25) is 14.4 Å². The van der Waals surface area contributed by atoms with Gasteiger partial charge >= 0.3 is 0 Å². The Bertz CT molecular complexity index is 1020. The molecule has 2 heterocycles. The third kappa shape index (κ3) is 4.23. The molecular formula is C21H25ClN4O. The summed E-state index contributed by atoms with van der Waals surface area (Å²) in [7, 11) is 0. The zero-order chi connectivity index (χ0) is 20.1. The van der Waals surface area contributed by atoms with Crippen molar-refractivity contribution in [1.29, 1.82) is 5.26 Å². The number of allylic oxidation sites excluding steroid dienone is 4. The average molecular weight is 385 g/mol. The molecule has 2 unspecified atom stereocenters. The van der Waals surface area contributed by atoms with Gasteiger partial charge in [-0.05, 0) is 46.3 Å². The van der Waals surface area contributed by atoms with E-state index in [-0.39, 0.29) is 17.5 Å². The van der Waals surface area contributed by atoms with Crippen LogP contribution in [0.25, 0.3) is 11.2 Å². The van der Waals surface area contributed by atoms with Crippen molar-refractivity contribution in [2.45, 2.75) is 47.1 Å². The molecule has 27 heavy (non-hydrogen) atoms. The van der Waals surface area contributed by atoms with Gasteiger partial charge < -0.3 is 4.40 Å². The van der Waals surface area contributed by atoms with Gasteiger partial charge in [-0.15, -0.1) is 0 Å². The van der Waals surface area contributed by atoms with Crippen molar-refractivity contribution in [2.75, 3.05) is 0 Å². The smallest absolute Gasteiger partial charge is 0.281 e. The molecule has 0 bridgehead atoms. The molecule has 0 saturated carbocycles. The maximum atomic E-state index is 13.3. The lowest BCUT2D eigenvalue weighted by molar-refractivity contribution is 0.721. The van der Waals surface area contributed by atoms with Crippen molar-refractivity contribution in [2.24, 2.45) is 10.9 Å². The molecule has 0 aliphatic rings. The van der Waals surface area contributed by atoms with Crippen molar-refractivity contribution in [3.8, 4) is 6.07 Å². The second kappa shape index (κ2) is 8.88. The van der Waals surface area contributed by atoms with Crippen molar-refractivity contribution in [3.63, 3.8) is 0 Å². The van der Waals surface area contributed by atoms with Gasteiger partial charge in [0, 0.05) is 23.8 Å². The first-order valence-electron chi connectivity index (χ1n) is 9.04. The van der Waals surface area contributed by atoms with E-state index < -0.39 is 0 Å². The number of rotatable bonds is 6. The van der Waals surface area contributed by atoms with Crippen molar-refractivity contribution in [1.82, 2.24) is 8.97 Å². The van der Waals surface area contributed by atoms with Crippen LogP contribution >= 0.6 is 11.6 Å². The average Bonchev–Trinajstić information content (AvgIpc) is 3.03. The Morgan fingerprint density at radius 1 is 1.44 bits per heavy atom. The number of hydrogen-bond donors (Lipinski definition) is 0. The zero-order valence-electron chi connectivity index (χ0n) is 16.4. The minimum atomic E-state index is -0.302. The fraction of sp³-hybridized carbons (Fsp3) is 0.381. The van der Waals surface area contributed by atoms with E-state index in [4.69, 9.17) is 16.9 Å². The minimum Gasteiger partial charge on any atom is -0.316 e. The topological polar surface area (TPSA) is 62.6 Å². The molecule has 2 aromatic heterocycles. The maximum Gasteiger partial charge on any atom is 0.281 e. The second-order valence-corrected chi connectivity index (χ2v) is 6.84. The largest absolute Gasteiger partial charge is 0.316 e. The quantitative estimate of drug-likeness (QED) is 0.503. The van der Waals surface area contributed by atoms with Crippen LogP contribution in [0, 0.1) is 17.2 Å². The molecule has 2 atom stereocenters. The molecule has 142 valence electrons. The van der Waals surface area contributed by atoms with E-state index in [1.165, 1.54) is 0 Å². The summed E-state index contributed by atoms with van der Waals surface area (Å²) in [6, 6.07) is 3.60. The maximum absolute atomic E-state index is 13.3. The highest BCUT2D eigenvalue weighted by Crippen LogP contribution is 2.24. The van der Waals surface area contributed by atoms with Crippen LogP contribution in [-0.2, 0) is 0 Å². The van der Waals surface area contributed by atoms with Crippen molar-refractivity contribution < 1.29 is 0 Å². The summed E-state index contributed by atoms with van der Waals surface area (Å²) >= 11 is 6.24. The molecular weight excluding hydrogens is 360 g/mol. The highest BCUT2D eigenvalue weighted by molar-refractivity contribution is 6.33. The first kappa shape index (κ1) is 20.7. The van der Waals surface area contributed by atoms with E-state index in [1.54, 1.807) is 21.2 Å². The number of halogens is 1. The van der Waals surface area contributed by atoms with Crippen molar-refractivity contribution >= 4 is 28.5 Å². The van der Waals surface area contributed by atoms with E-state index in [2.05, 4.69) is 11.1 Å². The predicted octanol–water partition coefficient (Wildman–Crippen LogP) is 5.26. The van der Waals surface area contributed by atoms with Gasteiger partial charge in [0.15, 0.2) is 0 Å². The molecule has 6 heteroatoms. The van der Waals surface area contributed by atoms with Crippen LogP contribution in [0.4, 0.5) is 0 Å². The summed E-state index contributed by atoms with van der Waals surface area (Å²) in [4.78, 5) is 17.9. The predicted molar refractivity (Wildman–Crippen MR) is 112 cm³/mol. The number of fused-ring (bicyclic) bond motifs is 1. The molecule has 0 aromatic carbocycles. The molecule has 2 rings (SSSR count). The molecule has 0 amide bonds. The summed E-state index contributed by atoms with van der Waals surface area (Å²) in [5.74, 6) is -0.279. The normalized spacial score (nSPS) is 15.3. The van der Waals surface area contributed by atoms with E-state index in [9.17, 15) is 4.79 Å². The Labute approximate surface area is 164 Å². The summed E-state index contributed by atoms with van der Waals surface area (Å²) in [6.45, 7) is 9.51. The molecule has 0 aliphatic carbocycles. The van der Waals surface area contributed by atoms with Gasteiger partial charge in [0.1, 0.15) is 5.52 Å². The van der Waals surface area contributed by atoms with Crippen molar-refractivity contribution in [3.05, 3.63) is 57.8 Å². The van der Waals surface area contributed by atoms with Crippen LogP contribution in [0.1, 0.15) is 52.8 Å². The van der Waals surface area contributed by atoms with Crippen LogP contribution < -0.4 is 5.56 Å². The van der Waals surface area contributed by atoms with Crippen LogP contribution in [0.2, 0.25) is 5.02 Å². The Morgan fingerprint density at radius 3 is 2.74 bits per heavy atom. The number of nitriles is 1. The second-order valence-electron chi connectivity index (χ2n) is 6.44. The van der Waals surface area contributed by atoms with E-state index in [0.717, 1.165) is 23.5 Å². The third-order valence-corrected chi connectivity index (χ3v) is 4.83. The Kier molecular flexibility index (Phi) is 6.81. The standard InChI is InChI=1S/C21H25ClN4O/c1-6-8-9-17(7-2)26-19(16(5)24-15(4)14(3)12-23)13-25-11-10-18(22)20(25)21(26)27/h7-11,13-14,16H,6H2,1-5H3. The van der Waals surface area contributed by atoms with Crippen LogP contribution in [0.3, 0.4) is 0 Å².